The van der Waals surface area contributed by atoms with Crippen molar-refractivity contribution < 1.29 is 14.1 Å². The molecule has 82 valence electrons. The first-order chi connectivity index (χ1) is 6.65. The molecule has 5 heteroatoms. The van der Waals surface area contributed by atoms with E-state index >= 15 is 0 Å². The molecule has 1 aliphatic rings. The Kier molecular flexibility index (Phi) is 4.54. The third-order valence-electron chi connectivity index (χ3n) is 2.50. The molecule has 1 aliphatic heterocycles. The Bertz CT molecular complexity index is 222. The first-order valence-corrected chi connectivity index (χ1v) is 6.45. The van der Waals surface area contributed by atoms with Crippen LogP contribution in [-0.2, 0) is 15.6 Å². The van der Waals surface area contributed by atoms with Crippen LogP contribution in [0.4, 0.5) is 0 Å². The average Bonchev–Trinajstić information content (AvgIpc) is 2.15. The van der Waals surface area contributed by atoms with E-state index in [9.17, 15) is 9.00 Å². The molecule has 1 heterocycles. The molecule has 0 bridgehead atoms. The molecule has 1 rings (SSSR count). The van der Waals surface area contributed by atoms with E-state index in [1.807, 2.05) is 11.8 Å². The molecule has 0 radical (unpaired) electrons. The highest BCUT2D eigenvalue weighted by Gasteiger charge is 2.27. The Balaban J connectivity index is 2.51. The Morgan fingerprint density at radius 3 is 2.50 bits per heavy atom. The Labute approximate surface area is 86.7 Å². The topological polar surface area (TPSA) is 57.6 Å². The lowest BCUT2D eigenvalue weighted by molar-refractivity contribution is -0.143. The van der Waals surface area contributed by atoms with E-state index in [1.165, 1.54) is 0 Å². The van der Waals surface area contributed by atoms with Gasteiger partial charge in [0.1, 0.15) is 6.04 Å². The predicted molar refractivity (Wildman–Crippen MR) is 55.8 cm³/mol. The smallest absolute Gasteiger partial charge is 0.320 e. The zero-order valence-electron chi connectivity index (χ0n) is 8.44. The molecule has 0 aromatic rings. The highest BCUT2D eigenvalue weighted by molar-refractivity contribution is 7.85. The minimum absolute atomic E-state index is 0.378. The fourth-order valence-electron chi connectivity index (χ4n) is 1.70. The summed E-state index contributed by atoms with van der Waals surface area (Å²) in [5.74, 6) is 0.487. The SMILES string of the molecule is CCCC(C(=O)O)N1CCS(=O)CC1. The number of carbonyl (C=O) groups is 1. The number of hydrogen-bond donors (Lipinski definition) is 1. The number of aliphatic carboxylic acids is 1. The van der Waals surface area contributed by atoms with Crippen LogP contribution < -0.4 is 0 Å². The average molecular weight is 219 g/mol. The number of carboxylic acid groups (broad SMARTS) is 1. The van der Waals surface area contributed by atoms with Gasteiger partial charge >= 0.3 is 5.97 Å². The van der Waals surface area contributed by atoms with Crippen molar-refractivity contribution in [3.05, 3.63) is 0 Å². The quantitative estimate of drug-likeness (QED) is 0.739. The summed E-state index contributed by atoms with van der Waals surface area (Å²) in [7, 11) is -0.729. The second-order valence-corrected chi connectivity index (χ2v) is 5.22. The van der Waals surface area contributed by atoms with Crippen molar-refractivity contribution in [1.29, 1.82) is 0 Å². The van der Waals surface area contributed by atoms with E-state index in [2.05, 4.69) is 0 Å². The highest BCUT2D eigenvalue weighted by Crippen LogP contribution is 2.10. The lowest BCUT2D eigenvalue weighted by atomic mass is 10.1. The molecule has 1 saturated heterocycles. The van der Waals surface area contributed by atoms with Gasteiger partial charge in [0.05, 0.1) is 0 Å². The van der Waals surface area contributed by atoms with Gasteiger partial charge in [-0.2, -0.15) is 0 Å². The molecule has 0 aromatic heterocycles. The van der Waals surface area contributed by atoms with Gasteiger partial charge in [0, 0.05) is 35.4 Å². The molecule has 1 fully saturated rings. The van der Waals surface area contributed by atoms with E-state index < -0.39 is 16.8 Å². The first-order valence-electron chi connectivity index (χ1n) is 4.97. The van der Waals surface area contributed by atoms with Gasteiger partial charge in [-0.25, -0.2) is 0 Å². The maximum Gasteiger partial charge on any atom is 0.320 e. The first kappa shape index (κ1) is 11.7. The van der Waals surface area contributed by atoms with E-state index in [0.29, 0.717) is 31.0 Å². The van der Waals surface area contributed by atoms with Crippen molar-refractivity contribution in [2.45, 2.75) is 25.8 Å². The number of nitrogens with zero attached hydrogens (tertiary/aromatic N) is 1. The van der Waals surface area contributed by atoms with E-state index in [-0.39, 0.29) is 6.04 Å². The summed E-state index contributed by atoms with van der Waals surface area (Å²) in [6, 6.07) is -0.378. The van der Waals surface area contributed by atoms with Gasteiger partial charge in [-0.1, -0.05) is 13.3 Å². The van der Waals surface area contributed by atoms with Crippen LogP contribution in [0.1, 0.15) is 19.8 Å². The van der Waals surface area contributed by atoms with Crippen molar-refractivity contribution in [3.8, 4) is 0 Å². The fourth-order valence-corrected chi connectivity index (χ4v) is 2.78. The van der Waals surface area contributed by atoms with Crippen LogP contribution >= 0.6 is 0 Å². The van der Waals surface area contributed by atoms with E-state index in [0.717, 1.165) is 6.42 Å². The minimum atomic E-state index is -0.750. The van der Waals surface area contributed by atoms with Gasteiger partial charge in [0.25, 0.3) is 0 Å². The second-order valence-electron chi connectivity index (χ2n) is 3.53. The molecule has 1 unspecified atom stereocenters. The lowest BCUT2D eigenvalue weighted by Crippen LogP contribution is -2.47. The van der Waals surface area contributed by atoms with E-state index in [4.69, 9.17) is 5.11 Å². The van der Waals surface area contributed by atoms with Crippen molar-refractivity contribution >= 4 is 16.8 Å². The van der Waals surface area contributed by atoms with Gasteiger partial charge in [-0.3, -0.25) is 13.9 Å². The molecule has 0 saturated carbocycles. The Morgan fingerprint density at radius 2 is 2.07 bits per heavy atom. The summed E-state index contributed by atoms with van der Waals surface area (Å²) in [6.07, 6.45) is 1.55. The predicted octanol–water partition coefficient (Wildman–Crippen LogP) is 0.304. The second kappa shape index (κ2) is 5.46. The molecular weight excluding hydrogens is 202 g/mol. The molecule has 0 aliphatic carbocycles. The van der Waals surface area contributed by atoms with E-state index in [1.54, 1.807) is 0 Å². The minimum Gasteiger partial charge on any atom is -0.480 e. The molecular formula is C9H17NO3S. The van der Waals surface area contributed by atoms with Crippen molar-refractivity contribution in [2.24, 2.45) is 0 Å². The summed E-state index contributed by atoms with van der Waals surface area (Å²) in [5, 5.41) is 9.00. The monoisotopic (exact) mass is 219 g/mol. The van der Waals surface area contributed by atoms with Crippen molar-refractivity contribution in [2.75, 3.05) is 24.6 Å². The van der Waals surface area contributed by atoms with Crippen molar-refractivity contribution in [1.82, 2.24) is 4.90 Å². The summed E-state index contributed by atoms with van der Waals surface area (Å²) >= 11 is 0. The van der Waals surface area contributed by atoms with Crippen molar-refractivity contribution in [3.63, 3.8) is 0 Å². The van der Waals surface area contributed by atoms with Crippen LogP contribution in [0.5, 0.6) is 0 Å². The lowest BCUT2D eigenvalue weighted by Gasteiger charge is -2.31. The van der Waals surface area contributed by atoms with Gasteiger partial charge in [0.2, 0.25) is 0 Å². The van der Waals surface area contributed by atoms with Gasteiger partial charge in [-0.15, -0.1) is 0 Å². The molecule has 0 aromatic carbocycles. The van der Waals surface area contributed by atoms with Crippen LogP contribution in [0.15, 0.2) is 0 Å². The van der Waals surface area contributed by atoms with Crippen LogP contribution in [0.2, 0.25) is 0 Å². The van der Waals surface area contributed by atoms with Crippen LogP contribution in [0, 0.1) is 0 Å². The van der Waals surface area contributed by atoms with Crippen LogP contribution in [-0.4, -0.2) is 50.8 Å². The Morgan fingerprint density at radius 1 is 1.50 bits per heavy atom. The standard InChI is InChI=1S/C9H17NO3S/c1-2-3-8(9(11)12)10-4-6-14(13)7-5-10/h8H,2-7H2,1H3,(H,11,12). The maximum absolute atomic E-state index is 11.1. The zero-order valence-corrected chi connectivity index (χ0v) is 9.26. The summed E-state index contributed by atoms with van der Waals surface area (Å²) in [4.78, 5) is 12.9. The van der Waals surface area contributed by atoms with Crippen LogP contribution in [0.25, 0.3) is 0 Å². The van der Waals surface area contributed by atoms with Gasteiger partial charge < -0.3 is 5.11 Å². The highest BCUT2D eigenvalue weighted by atomic mass is 32.2. The summed E-state index contributed by atoms with van der Waals surface area (Å²) < 4.78 is 11.1. The number of carboxylic acids is 1. The number of rotatable bonds is 4. The molecule has 14 heavy (non-hydrogen) atoms. The summed E-state index contributed by atoms with van der Waals surface area (Å²) in [5.41, 5.74) is 0. The third kappa shape index (κ3) is 3.06. The number of hydrogen-bond acceptors (Lipinski definition) is 3. The summed E-state index contributed by atoms with van der Waals surface area (Å²) in [6.45, 7) is 3.30. The third-order valence-corrected chi connectivity index (χ3v) is 3.78. The van der Waals surface area contributed by atoms with Gasteiger partial charge in [-0.05, 0) is 6.42 Å². The largest absolute Gasteiger partial charge is 0.480 e. The molecule has 1 atom stereocenters. The normalized spacial score (nSPS) is 22.1. The molecule has 1 N–H and O–H groups in total. The van der Waals surface area contributed by atoms with Crippen LogP contribution in [0.3, 0.4) is 0 Å². The maximum atomic E-state index is 11.1. The molecule has 4 nitrogen and oxygen atoms in total. The van der Waals surface area contributed by atoms with Gasteiger partial charge in [0.15, 0.2) is 0 Å². The molecule has 0 spiro atoms. The Hall–Kier alpha value is -0.420. The molecule has 0 amide bonds. The fraction of sp³-hybridized carbons (Fsp3) is 0.889. The zero-order chi connectivity index (χ0) is 10.6.